The first kappa shape index (κ1) is 19.3. The van der Waals surface area contributed by atoms with E-state index in [9.17, 15) is 4.79 Å². The number of likely N-dealkylation sites (tertiary alicyclic amines) is 1. The summed E-state index contributed by atoms with van der Waals surface area (Å²) in [6.45, 7) is 5.47. The van der Waals surface area contributed by atoms with Crippen LogP contribution in [0.25, 0.3) is 22.4 Å². The molecule has 154 valence electrons. The molecule has 0 unspecified atom stereocenters. The molecule has 1 aliphatic heterocycles. The van der Waals surface area contributed by atoms with Gasteiger partial charge in [-0.1, -0.05) is 48.0 Å². The van der Waals surface area contributed by atoms with Crippen LogP contribution in [0.1, 0.15) is 24.8 Å². The molecule has 4 aromatic rings. The maximum Gasteiger partial charge on any atom is 0.267 e. The number of fused-ring (bicyclic) bond motifs is 3. The molecular formula is C23H25N5OS. The van der Waals surface area contributed by atoms with Crippen LogP contribution >= 0.6 is 11.8 Å². The number of benzene rings is 2. The third-order valence-corrected chi connectivity index (χ3v) is 6.68. The highest BCUT2D eigenvalue weighted by Gasteiger charge is 2.18. The van der Waals surface area contributed by atoms with Crippen LogP contribution in [0.3, 0.4) is 0 Å². The van der Waals surface area contributed by atoms with Crippen molar-refractivity contribution in [2.24, 2.45) is 0 Å². The average Bonchev–Trinajstić information content (AvgIpc) is 3.20. The van der Waals surface area contributed by atoms with Crippen LogP contribution in [-0.4, -0.2) is 49.5 Å². The lowest BCUT2D eigenvalue weighted by atomic mass is 10.1. The second-order valence-corrected chi connectivity index (χ2v) is 8.92. The summed E-state index contributed by atoms with van der Waals surface area (Å²) in [6.07, 6.45) is 3.94. The van der Waals surface area contributed by atoms with Gasteiger partial charge in [-0.25, -0.2) is 4.57 Å². The lowest BCUT2D eigenvalue weighted by molar-refractivity contribution is 0.242. The fourth-order valence-electron chi connectivity index (χ4n) is 4.15. The van der Waals surface area contributed by atoms with E-state index in [4.69, 9.17) is 0 Å². The van der Waals surface area contributed by atoms with E-state index < -0.39 is 0 Å². The normalized spacial score (nSPS) is 15.2. The lowest BCUT2D eigenvalue weighted by Crippen LogP contribution is -2.31. The summed E-state index contributed by atoms with van der Waals surface area (Å²) in [5.41, 5.74) is 2.74. The monoisotopic (exact) mass is 419 g/mol. The first-order valence-corrected chi connectivity index (χ1v) is 11.5. The van der Waals surface area contributed by atoms with E-state index in [1.54, 1.807) is 16.3 Å². The van der Waals surface area contributed by atoms with Crippen LogP contribution in [0.5, 0.6) is 0 Å². The molecule has 0 radical (unpaired) electrons. The quantitative estimate of drug-likeness (QED) is 0.459. The van der Waals surface area contributed by atoms with E-state index in [1.165, 1.54) is 32.4 Å². The van der Waals surface area contributed by atoms with Gasteiger partial charge in [0.05, 0.1) is 16.6 Å². The molecule has 0 bridgehead atoms. The van der Waals surface area contributed by atoms with Gasteiger partial charge in [0, 0.05) is 12.3 Å². The van der Waals surface area contributed by atoms with Crippen molar-refractivity contribution < 1.29 is 0 Å². The fourth-order valence-corrected chi connectivity index (χ4v) is 5.09. The summed E-state index contributed by atoms with van der Waals surface area (Å²) >= 11 is 1.71. The van der Waals surface area contributed by atoms with Gasteiger partial charge in [0.25, 0.3) is 5.56 Å². The average molecular weight is 420 g/mol. The molecule has 5 rings (SSSR count). The minimum Gasteiger partial charge on any atom is -0.303 e. The number of aromatic nitrogens is 4. The Morgan fingerprint density at radius 1 is 0.967 bits per heavy atom. The SMILES string of the molecule is Cc1ccc(-n2c(=O)c3ccccc3n3c(SCCN4CCCCC4)nnc23)cc1. The van der Waals surface area contributed by atoms with Gasteiger partial charge >= 0.3 is 0 Å². The third kappa shape index (κ3) is 3.52. The lowest BCUT2D eigenvalue weighted by Gasteiger charge is -2.25. The molecule has 0 saturated carbocycles. The van der Waals surface area contributed by atoms with Crippen molar-refractivity contribution in [3.63, 3.8) is 0 Å². The highest BCUT2D eigenvalue weighted by atomic mass is 32.2. The van der Waals surface area contributed by atoms with Gasteiger partial charge in [0.1, 0.15) is 0 Å². The second-order valence-electron chi connectivity index (χ2n) is 7.86. The molecule has 30 heavy (non-hydrogen) atoms. The Labute approximate surface area is 179 Å². The van der Waals surface area contributed by atoms with E-state index >= 15 is 0 Å². The van der Waals surface area contributed by atoms with Gasteiger partial charge in [0.2, 0.25) is 5.78 Å². The zero-order chi connectivity index (χ0) is 20.5. The van der Waals surface area contributed by atoms with Gasteiger partial charge in [0.15, 0.2) is 5.16 Å². The number of thioether (sulfide) groups is 1. The van der Waals surface area contributed by atoms with Crippen LogP contribution in [0.4, 0.5) is 0 Å². The number of hydrogen-bond donors (Lipinski definition) is 0. The standard InChI is InChI=1S/C23H25N5OS/c1-17-9-11-18(12-10-17)27-21(29)19-7-3-4-8-20(19)28-22(27)24-25-23(28)30-16-15-26-13-5-2-6-14-26/h3-4,7-12H,2,5-6,13-16H2,1H3. The summed E-state index contributed by atoms with van der Waals surface area (Å²) in [5.74, 6) is 1.52. The predicted octanol–water partition coefficient (Wildman–Crippen LogP) is 3.92. The van der Waals surface area contributed by atoms with Crippen molar-refractivity contribution in [3.05, 3.63) is 64.4 Å². The molecule has 7 heteroatoms. The van der Waals surface area contributed by atoms with Crippen LogP contribution in [0, 0.1) is 6.92 Å². The van der Waals surface area contributed by atoms with Crippen molar-refractivity contribution in [1.82, 2.24) is 24.1 Å². The number of piperidine rings is 1. The highest BCUT2D eigenvalue weighted by molar-refractivity contribution is 7.99. The Balaban J connectivity index is 1.58. The Bertz CT molecular complexity index is 1240. The zero-order valence-electron chi connectivity index (χ0n) is 17.1. The topological polar surface area (TPSA) is 55.4 Å². The molecule has 6 nitrogen and oxygen atoms in total. The molecule has 0 atom stereocenters. The Morgan fingerprint density at radius 2 is 1.73 bits per heavy atom. The van der Waals surface area contributed by atoms with E-state index in [0.29, 0.717) is 11.2 Å². The molecule has 1 fully saturated rings. The molecule has 0 spiro atoms. The van der Waals surface area contributed by atoms with E-state index in [0.717, 1.165) is 34.2 Å². The van der Waals surface area contributed by atoms with E-state index in [1.807, 2.05) is 59.9 Å². The van der Waals surface area contributed by atoms with Crippen molar-refractivity contribution >= 4 is 28.4 Å². The van der Waals surface area contributed by atoms with E-state index in [2.05, 4.69) is 15.1 Å². The van der Waals surface area contributed by atoms with Gasteiger partial charge < -0.3 is 4.90 Å². The van der Waals surface area contributed by atoms with Crippen LogP contribution < -0.4 is 5.56 Å². The smallest absolute Gasteiger partial charge is 0.267 e. The highest BCUT2D eigenvalue weighted by Crippen LogP contribution is 2.23. The van der Waals surface area contributed by atoms with Crippen LogP contribution in [-0.2, 0) is 0 Å². The number of rotatable bonds is 5. The second kappa shape index (κ2) is 8.24. The first-order chi connectivity index (χ1) is 14.7. The molecule has 2 aromatic heterocycles. The van der Waals surface area contributed by atoms with Gasteiger partial charge in [-0.15, -0.1) is 10.2 Å². The molecule has 0 N–H and O–H groups in total. The maximum atomic E-state index is 13.3. The van der Waals surface area contributed by atoms with Crippen molar-refractivity contribution in [1.29, 1.82) is 0 Å². The Morgan fingerprint density at radius 3 is 2.53 bits per heavy atom. The van der Waals surface area contributed by atoms with Gasteiger partial charge in [-0.05, 0) is 57.1 Å². The minimum atomic E-state index is -0.0702. The Kier molecular flexibility index (Phi) is 5.31. The molecular weight excluding hydrogens is 394 g/mol. The summed E-state index contributed by atoms with van der Waals surface area (Å²) in [7, 11) is 0. The van der Waals surface area contributed by atoms with Crippen molar-refractivity contribution in [2.75, 3.05) is 25.4 Å². The number of hydrogen-bond acceptors (Lipinski definition) is 5. The number of nitrogens with zero attached hydrogens (tertiary/aromatic N) is 5. The summed E-state index contributed by atoms with van der Waals surface area (Å²) in [4.78, 5) is 15.9. The predicted molar refractivity (Wildman–Crippen MR) is 122 cm³/mol. The minimum absolute atomic E-state index is 0.0702. The van der Waals surface area contributed by atoms with Crippen LogP contribution in [0.15, 0.2) is 58.5 Å². The van der Waals surface area contributed by atoms with Crippen molar-refractivity contribution in [3.8, 4) is 5.69 Å². The molecule has 0 aliphatic carbocycles. The van der Waals surface area contributed by atoms with Crippen molar-refractivity contribution in [2.45, 2.75) is 31.3 Å². The maximum absolute atomic E-state index is 13.3. The van der Waals surface area contributed by atoms with Gasteiger partial charge in [-0.3, -0.25) is 9.20 Å². The van der Waals surface area contributed by atoms with Gasteiger partial charge in [-0.2, -0.15) is 0 Å². The largest absolute Gasteiger partial charge is 0.303 e. The number of para-hydroxylation sites is 1. The van der Waals surface area contributed by atoms with Crippen LogP contribution in [0.2, 0.25) is 0 Å². The molecule has 2 aromatic carbocycles. The zero-order valence-corrected chi connectivity index (χ0v) is 17.9. The summed E-state index contributed by atoms with van der Waals surface area (Å²) in [6, 6.07) is 15.7. The summed E-state index contributed by atoms with van der Waals surface area (Å²) < 4.78 is 3.70. The first-order valence-electron chi connectivity index (χ1n) is 10.5. The third-order valence-electron chi connectivity index (χ3n) is 5.77. The molecule has 1 aliphatic rings. The number of aryl methyl sites for hydroxylation is 1. The Hall–Kier alpha value is -2.64. The molecule has 3 heterocycles. The van der Waals surface area contributed by atoms with E-state index in [-0.39, 0.29) is 5.56 Å². The molecule has 0 amide bonds. The molecule has 1 saturated heterocycles. The fraction of sp³-hybridized carbons (Fsp3) is 0.348. The summed E-state index contributed by atoms with van der Waals surface area (Å²) in [5, 5.41) is 10.4.